The number of rotatable bonds is 8. The molecule has 0 spiro atoms. The molecule has 0 aromatic carbocycles. The van der Waals surface area contributed by atoms with Gasteiger partial charge in [-0.05, 0) is 0 Å². The molecule has 0 fully saturated rings. The average molecular weight is 505 g/mol. The average Bonchev–Trinajstić information content (AvgIpc) is 2.25. The van der Waals surface area contributed by atoms with Crippen molar-refractivity contribution in [1.29, 1.82) is 0 Å². The number of carboxylic acid groups (broad SMARTS) is 1. The first-order valence-electron chi connectivity index (χ1n) is 4.65. The first kappa shape index (κ1) is 27.8. The Morgan fingerprint density at radius 2 is 1.42 bits per heavy atom. The third kappa shape index (κ3) is 12.0. The van der Waals surface area contributed by atoms with Crippen molar-refractivity contribution < 1.29 is 81.3 Å². The maximum absolute atomic E-state index is 10.1. The maximum Gasteiger partial charge on any atom is 4.00 e. The zero-order valence-electron chi connectivity index (χ0n) is 9.59. The second-order valence-corrected chi connectivity index (χ2v) is 3.32. The van der Waals surface area contributed by atoms with Gasteiger partial charge in [-0.25, -0.2) is 0 Å². The molecule has 0 bridgehead atoms. The Morgan fingerprint density at radius 1 is 1.00 bits per heavy atom. The minimum absolute atomic E-state index is 0. The fourth-order valence-corrected chi connectivity index (χ4v) is 1.01. The third-order valence-electron chi connectivity index (χ3n) is 1.96. The van der Waals surface area contributed by atoms with Gasteiger partial charge < -0.3 is 60.8 Å². The van der Waals surface area contributed by atoms with Gasteiger partial charge in [-0.3, -0.25) is 4.79 Å². The Hall–Kier alpha value is 0.498. The van der Waals surface area contributed by atoms with Crippen LogP contribution in [0.3, 0.4) is 0 Å². The molecule has 0 amide bonds. The normalized spacial score (nSPS) is 15.8. The summed E-state index contributed by atoms with van der Waals surface area (Å²) in [7, 11) is 0. The van der Waals surface area contributed by atoms with E-state index in [1.807, 2.05) is 0 Å². The Morgan fingerprint density at radius 3 is 1.79 bits per heavy atom. The molecule has 118 valence electrons. The predicted octanol–water partition coefficient (Wildman–Crippen LogP) is -9.90. The summed E-state index contributed by atoms with van der Waals surface area (Å²) in [4.78, 5) is 10.1. The van der Waals surface area contributed by atoms with Crippen molar-refractivity contribution in [2.75, 3.05) is 19.7 Å². The summed E-state index contributed by atoms with van der Waals surface area (Å²) in [6, 6.07) is 0. The molecular formula is C8H17Cl2NO7Pt+2. The van der Waals surface area contributed by atoms with Crippen LogP contribution >= 0.6 is 0 Å². The molecular weight excluding hydrogens is 488 g/mol. The van der Waals surface area contributed by atoms with Gasteiger partial charge in [0.1, 0.15) is 18.3 Å². The molecule has 19 heavy (non-hydrogen) atoms. The second-order valence-electron chi connectivity index (χ2n) is 3.32. The Kier molecular flexibility index (Phi) is 21.8. The molecule has 4 atom stereocenters. The van der Waals surface area contributed by atoms with Crippen LogP contribution in [0.15, 0.2) is 0 Å². The van der Waals surface area contributed by atoms with Crippen molar-refractivity contribution in [2.45, 2.75) is 24.4 Å². The van der Waals surface area contributed by atoms with E-state index < -0.39 is 43.5 Å². The van der Waals surface area contributed by atoms with Crippen LogP contribution in [0.25, 0.3) is 0 Å². The van der Waals surface area contributed by atoms with Gasteiger partial charge in [0.2, 0.25) is 0 Å². The Bertz CT molecular complexity index is 227. The fourth-order valence-electron chi connectivity index (χ4n) is 1.01. The summed E-state index contributed by atoms with van der Waals surface area (Å²) in [6.07, 6.45) is -6.39. The van der Waals surface area contributed by atoms with Gasteiger partial charge in [0.15, 0.2) is 0 Å². The van der Waals surface area contributed by atoms with Gasteiger partial charge in [0, 0.05) is 6.54 Å². The maximum atomic E-state index is 10.1. The molecule has 0 aromatic heterocycles. The van der Waals surface area contributed by atoms with E-state index in [-0.39, 0.29) is 52.4 Å². The predicted molar refractivity (Wildman–Crippen MR) is 51.6 cm³/mol. The van der Waals surface area contributed by atoms with Gasteiger partial charge >= 0.3 is 27.0 Å². The number of aliphatic hydroxyl groups is 5. The van der Waals surface area contributed by atoms with Crippen LogP contribution in [0.4, 0.5) is 0 Å². The van der Waals surface area contributed by atoms with Crippen LogP contribution < -0.4 is 30.1 Å². The molecule has 7 N–H and O–H groups in total. The summed E-state index contributed by atoms with van der Waals surface area (Å²) < 4.78 is 0. The quantitative estimate of drug-likeness (QED) is 0.172. The van der Waals surface area contributed by atoms with E-state index >= 15 is 0 Å². The molecule has 0 aliphatic carbocycles. The zero-order valence-corrected chi connectivity index (χ0v) is 13.4. The number of aliphatic carboxylic acids is 1. The number of halogens is 2. The molecule has 0 saturated heterocycles. The summed E-state index contributed by atoms with van der Waals surface area (Å²) in [6.45, 7) is -1.42. The summed E-state index contributed by atoms with van der Waals surface area (Å²) in [5, 5.41) is 55.8. The van der Waals surface area contributed by atoms with Gasteiger partial charge in [0.05, 0.1) is 19.3 Å². The standard InChI is InChI=1S/C8H17NO7.2ClH.Pt/c10-3-5(12)8(16)7(15)4(11)1-9-2-6(13)14;;;/h4-5,7-12,15-16H,1-3H2,(H,13,14);2*1H;/q;;;+4/p-2. The molecule has 0 rings (SSSR count). The first-order valence-corrected chi connectivity index (χ1v) is 4.65. The summed E-state index contributed by atoms with van der Waals surface area (Å²) in [5.74, 6) is -1.13. The SMILES string of the molecule is O=C(O)CNCC(O)C(O)C(O)C(O)CO.[Cl-].[Cl-].[Pt+4]. The van der Waals surface area contributed by atoms with Gasteiger partial charge in [-0.1, -0.05) is 0 Å². The zero-order chi connectivity index (χ0) is 12.7. The van der Waals surface area contributed by atoms with Gasteiger partial charge in [-0.15, -0.1) is 0 Å². The van der Waals surface area contributed by atoms with Crippen molar-refractivity contribution in [3.05, 3.63) is 0 Å². The van der Waals surface area contributed by atoms with Crippen molar-refractivity contribution in [2.24, 2.45) is 0 Å². The summed E-state index contributed by atoms with van der Waals surface area (Å²) in [5.41, 5.74) is 0. The van der Waals surface area contributed by atoms with Crippen LogP contribution in [0.5, 0.6) is 0 Å². The minimum atomic E-state index is -1.70. The molecule has 8 nitrogen and oxygen atoms in total. The van der Waals surface area contributed by atoms with Crippen molar-refractivity contribution in [1.82, 2.24) is 5.32 Å². The number of nitrogens with one attached hydrogen (secondary N) is 1. The summed E-state index contributed by atoms with van der Waals surface area (Å²) >= 11 is 0. The Labute approximate surface area is 136 Å². The largest absolute Gasteiger partial charge is 4.00 e. The smallest absolute Gasteiger partial charge is 1.00 e. The molecule has 0 aliphatic heterocycles. The number of hydrogen-bond donors (Lipinski definition) is 7. The minimum Gasteiger partial charge on any atom is -1.00 e. The van der Waals surface area contributed by atoms with E-state index in [1.54, 1.807) is 0 Å². The first-order chi connectivity index (χ1) is 7.40. The third-order valence-corrected chi connectivity index (χ3v) is 1.96. The van der Waals surface area contributed by atoms with Crippen molar-refractivity contribution in [3.8, 4) is 0 Å². The molecule has 4 unspecified atom stereocenters. The molecule has 0 saturated carbocycles. The van der Waals surface area contributed by atoms with Gasteiger partial charge in [-0.2, -0.15) is 0 Å². The van der Waals surface area contributed by atoms with E-state index in [2.05, 4.69) is 5.32 Å². The van der Waals surface area contributed by atoms with E-state index in [1.165, 1.54) is 0 Å². The number of carboxylic acids is 1. The topological polar surface area (TPSA) is 150 Å². The van der Waals surface area contributed by atoms with E-state index in [0.29, 0.717) is 0 Å². The molecule has 0 aromatic rings. The fraction of sp³-hybridized carbons (Fsp3) is 0.875. The molecule has 11 heteroatoms. The van der Waals surface area contributed by atoms with E-state index in [0.717, 1.165) is 0 Å². The van der Waals surface area contributed by atoms with E-state index in [9.17, 15) is 20.1 Å². The van der Waals surface area contributed by atoms with Crippen LogP contribution in [-0.2, 0) is 25.9 Å². The van der Waals surface area contributed by atoms with Crippen LogP contribution in [-0.4, -0.2) is 80.7 Å². The molecule has 0 aliphatic rings. The van der Waals surface area contributed by atoms with E-state index in [4.69, 9.17) is 15.3 Å². The van der Waals surface area contributed by atoms with Crippen molar-refractivity contribution in [3.63, 3.8) is 0 Å². The van der Waals surface area contributed by atoms with Crippen LogP contribution in [0.2, 0.25) is 0 Å². The van der Waals surface area contributed by atoms with Crippen molar-refractivity contribution >= 4 is 5.97 Å². The monoisotopic (exact) mass is 504 g/mol. The molecule has 0 heterocycles. The second kappa shape index (κ2) is 14.9. The van der Waals surface area contributed by atoms with Crippen LogP contribution in [0, 0.1) is 0 Å². The number of aliphatic hydroxyl groups excluding tert-OH is 5. The van der Waals surface area contributed by atoms with Gasteiger partial charge in [0.25, 0.3) is 0 Å². The number of hydrogen-bond acceptors (Lipinski definition) is 7. The van der Waals surface area contributed by atoms with Crippen LogP contribution in [0.1, 0.15) is 0 Å². The molecule has 0 radical (unpaired) electrons. The Balaban J connectivity index is -0.000000375. The number of carbonyl (C=O) groups is 1.